The quantitative estimate of drug-likeness (QED) is 0.727. The maximum Gasteiger partial charge on any atom is 0.253 e. The van der Waals surface area contributed by atoms with Crippen LogP contribution in [0, 0.1) is 5.92 Å². The van der Waals surface area contributed by atoms with Crippen molar-refractivity contribution in [3.63, 3.8) is 0 Å². The summed E-state index contributed by atoms with van der Waals surface area (Å²) in [5.74, 6) is 0.922. The molecule has 27 heavy (non-hydrogen) atoms. The van der Waals surface area contributed by atoms with Crippen LogP contribution in [-0.2, 0) is 9.53 Å². The Kier molecular flexibility index (Phi) is 6.14. The van der Waals surface area contributed by atoms with Gasteiger partial charge in [-0.05, 0) is 43.6 Å². The minimum absolute atomic E-state index is 0.0501. The van der Waals surface area contributed by atoms with Gasteiger partial charge in [-0.3, -0.25) is 9.69 Å². The molecule has 0 unspecified atom stereocenters. The van der Waals surface area contributed by atoms with E-state index in [1.54, 1.807) is 0 Å². The van der Waals surface area contributed by atoms with Crippen molar-refractivity contribution >= 4 is 5.91 Å². The molecule has 1 amide bonds. The summed E-state index contributed by atoms with van der Waals surface area (Å²) in [6.45, 7) is 5.52. The Morgan fingerprint density at radius 1 is 1.15 bits per heavy atom. The molecule has 1 heterocycles. The number of ether oxygens (including phenoxy) is 1. The third kappa shape index (κ3) is 4.38. The van der Waals surface area contributed by atoms with Crippen molar-refractivity contribution in [2.75, 3.05) is 26.2 Å². The highest BCUT2D eigenvalue weighted by atomic mass is 16.5. The fraction of sp³-hybridized carbons (Fsp3) is 0.696. The number of rotatable bonds is 7. The number of morpholine rings is 1. The number of amides is 1. The molecule has 2 saturated carbocycles. The topological polar surface area (TPSA) is 32.8 Å². The average molecular weight is 371 g/mol. The van der Waals surface area contributed by atoms with Gasteiger partial charge in [-0.2, -0.15) is 0 Å². The molecule has 4 nitrogen and oxygen atoms in total. The van der Waals surface area contributed by atoms with E-state index in [-0.39, 0.29) is 18.1 Å². The monoisotopic (exact) mass is 370 g/mol. The van der Waals surface area contributed by atoms with E-state index >= 15 is 0 Å². The molecule has 148 valence electrons. The van der Waals surface area contributed by atoms with Crippen molar-refractivity contribution in [1.29, 1.82) is 0 Å². The van der Waals surface area contributed by atoms with Gasteiger partial charge in [-0.1, -0.05) is 50.1 Å². The van der Waals surface area contributed by atoms with E-state index < -0.39 is 0 Å². The zero-order chi connectivity index (χ0) is 18.6. The fourth-order valence-electron chi connectivity index (χ4n) is 4.91. The van der Waals surface area contributed by atoms with E-state index in [9.17, 15) is 4.79 Å². The third-order valence-corrected chi connectivity index (χ3v) is 6.45. The Labute approximate surface area is 163 Å². The largest absolute Gasteiger partial charge is 0.365 e. The van der Waals surface area contributed by atoms with Gasteiger partial charge in [0.25, 0.3) is 5.91 Å². The summed E-state index contributed by atoms with van der Waals surface area (Å²) in [5.41, 5.74) is 1.23. The van der Waals surface area contributed by atoms with Gasteiger partial charge in [0.15, 0.2) is 6.10 Å². The van der Waals surface area contributed by atoms with Crippen LogP contribution >= 0.6 is 0 Å². The van der Waals surface area contributed by atoms with Gasteiger partial charge >= 0.3 is 0 Å². The maximum atomic E-state index is 13.6. The van der Waals surface area contributed by atoms with E-state index in [2.05, 4.69) is 47.1 Å². The lowest BCUT2D eigenvalue weighted by Gasteiger charge is -2.45. The van der Waals surface area contributed by atoms with Crippen molar-refractivity contribution < 1.29 is 9.53 Å². The maximum absolute atomic E-state index is 13.6. The molecular weight excluding hydrogens is 336 g/mol. The highest BCUT2D eigenvalue weighted by molar-refractivity contribution is 5.82. The van der Waals surface area contributed by atoms with Crippen LogP contribution in [0.2, 0.25) is 0 Å². The molecule has 0 N–H and O–H groups in total. The first-order valence-electron chi connectivity index (χ1n) is 11.0. The minimum Gasteiger partial charge on any atom is -0.365 e. The number of carbonyl (C=O) groups excluding carboxylic acids is 1. The number of benzene rings is 1. The van der Waals surface area contributed by atoms with Crippen molar-refractivity contribution in [2.24, 2.45) is 5.92 Å². The molecule has 2 aliphatic carbocycles. The van der Waals surface area contributed by atoms with Crippen LogP contribution in [0.1, 0.15) is 63.5 Å². The van der Waals surface area contributed by atoms with Crippen LogP contribution in [0.3, 0.4) is 0 Å². The second kappa shape index (κ2) is 8.74. The summed E-state index contributed by atoms with van der Waals surface area (Å²) in [6, 6.07) is 11.2. The first-order valence-corrected chi connectivity index (χ1v) is 11.0. The van der Waals surface area contributed by atoms with E-state index in [0.717, 1.165) is 26.1 Å². The Morgan fingerprint density at radius 3 is 2.56 bits per heavy atom. The third-order valence-electron chi connectivity index (χ3n) is 6.45. The lowest BCUT2D eigenvalue weighted by molar-refractivity contribution is -0.159. The molecule has 2 atom stereocenters. The summed E-state index contributed by atoms with van der Waals surface area (Å²) in [4.78, 5) is 18.3. The molecule has 0 aromatic heterocycles. The lowest BCUT2D eigenvalue weighted by Crippen LogP contribution is -2.55. The minimum atomic E-state index is -0.368. The SMILES string of the molecule is CCCN(CC1CC1)C(=O)[C@@H]1OCCN(C2CCCC2)[C@H]1c1ccccc1. The van der Waals surface area contributed by atoms with Crippen LogP contribution in [0.5, 0.6) is 0 Å². The normalized spacial score (nSPS) is 27.0. The lowest BCUT2D eigenvalue weighted by atomic mass is 9.94. The number of hydrogen-bond donors (Lipinski definition) is 0. The van der Waals surface area contributed by atoms with Crippen LogP contribution in [0.15, 0.2) is 30.3 Å². The standard InChI is InChI=1S/C23H34N2O2/c1-2-14-24(17-18-12-13-18)23(26)22-21(19-8-4-3-5-9-19)25(15-16-27-22)20-10-6-7-11-20/h3-5,8-9,18,20-22H,2,6-7,10-17H2,1H3/t21-,22+/m0/s1. The molecular formula is C23H34N2O2. The van der Waals surface area contributed by atoms with E-state index in [1.807, 2.05) is 0 Å². The van der Waals surface area contributed by atoms with Crippen molar-refractivity contribution in [3.05, 3.63) is 35.9 Å². The van der Waals surface area contributed by atoms with E-state index in [1.165, 1.54) is 44.1 Å². The molecule has 3 aliphatic rings. The Hall–Kier alpha value is -1.39. The predicted octanol–water partition coefficient (Wildman–Crippen LogP) is 4.02. The van der Waals surface area contributed by atoms with Crippen LogP contribution in [-0.4, -0.2) is 54.1 Å². The molecule has 4 rings (SSSR count). The number of nitrogens with zero attached hydrogens (tertiary/aromatic N) is 2. The molecule has 1 saturated heterocycles. The first-order chi connectivity index (χ1) is 13.3. The second-order valence-electron chi connectivity index (χ2n) is 8.55. The molecule has 3 fully saturated rings. The van der Waals surface area contributed by atoms with Gasteiger partial charge in [0.05, 0.1) is 12.6 Å². The summed E-state index contributed by atoms with van der Waals surface area (Å²) in [6.07, 6.45) is 8.32. The Bertz CT molecular complexity index is 610. The average Bonchev–Trinajstić information content (AvgIpc) is 3.36. The first kappa shape index (κ1) is 18.9. The van der Waals surface area contributed by atoms with Crippen molar-refractivity contribution in [2.45, 2.75) is 70.1 Å². The van der Waals surface area contributed by atoms with Gasteiger partial charge < -0.3 is 9.64 Å². The summed E-state index contributed by atoms with van der Waals surface area (Å²) in [7, 11) is 0. The highest BCUT2D eigenvalue weighted by Crippen LogP contribution is 2.37. The Balaban J connectivity index is 1.60. The molecule has 1 aliphatic heterocycles. The van der Waals surface area contributed by atoms with Gasteiger partial charge in [-0.15, -0.1) is 0 Å². The molecule has 1 aromatic rings. The summed E-state index contributed by atoms with van der Waals surface area (Å²) >= 11 is 0. The van der Waals surface area contributed by atoms with Crippen LogP contribution < -0.4 is 0 Å². The zero-order valence-electron chi connectivity index (χ0n) is 16.7. The fourth-order valence-corrected chi connectivity index (χ4v) is 4.91. The number of carbonyl (C=O) groups is 1. The molecule has 0 spiro atoms. The molecule has 4 heteroatoms. The van der Waals surface area contributed by atoms with Crippen LogP contribution in [0.25, 0.3) is 0 Å². The predicted molar refractivity (Wildman–Crippen MR) is 107 cm³/mol. The van der Waals surface area contributed by atoms with Crippen LogP contribution in [0.4, 0.5) is 0 Å². The van der Waals surface area contributed by atoms with Gasteiger partial charge in [0.2, 0.25) is 0 Å². The number of hydrogen-bond acceptors (Lipinski definition) is 3. The highest BCUT2D eigenvalue weighted by Gasteiger charge is 2.43. The van der Waals surface area contributed by atoms with Gasteiger partial charge in [0, 0.05) is 25.7 Å². The molecule has 0 radical (unpaired) electrons. The zero-order valence-corrected chi connectivity index (χ0v) is 16.7. The summed E-state index contributed by atoms with van der Waals surface area (Å²) < 4.78 is 6.19. The summed E-state index contributed by atoms with van der Waals surface area (Å²) in [5, 5.41) is 0. The Morgan fingerprint density at radius 2 is 1.89 bits per heavy atom. The second-order valence-corrected chi connectivity index (χ2v) is 8.55. The van der Waals surface area contributed by atoms with Crippen molar-refractivity contribution in [3.8, 4) is 0 Å². The van der Waals surface area contributed by atoms with Gasteiger partial charge in [-0.25, -0.2) is 0 Å². The molecule has 1 aromatic carbocycles. The van der Waals surface area contributed by atoms with E-state index in [0.29, 0.717) is 18.6 Å². The smallest absolute Gasteiger partial charge is 0.253 e. The molecule has 0 bridgehead atoms. The van der Waals surface area contributed by atoms with Crippen molar-refractivity contribution in [1.82, 2.24) is 9.80 Å². The van der Waals surface area contributed by atoms with E-state index in [4.69, 9.17) is 4.74 Å². The van der Waals surface area contributed by atoms with Gasteiger partial charge in [0.1, 0.15) is 0 Å².